The van der Waals surface area contributed by atoms with Gasteiger partial charge in [0.1, 0.15) is 11.5 Å². The van der Waals surface area contributed by atoms with Crippen molar-refractivity contribution in [3.8, 4) is 11.5 Å². The maximum absolute atomic E-state index is 11.9. The number of ether oxygens (including phenoxy) is 1. The molecule has 0 radical (unpaired) electrons. The SMILES string of the molecule is Cc1ccc(OCC(=O)Nc2ccc(C)cc2O)c(C)c1. The van der Waals surface area contributed by atoms with Gasteiger partial charge in [-0.05, 0) is 50.1 Å². The summed E-state index contributed by atoms with van der Waals surface area (Å²) >= 11 is 0. The van der Waals surface area contributed by atoms with Gasteiger partial charge in [-0.3, -0.25) is 4.79 Å². The van der Waals surface area contributed by atoms with Gasteiger partial charge in [0.15, 0.2) is 6.61 Å². The Bertz CT molecular complexity index is 665. The number of nitrogens with one attached hydrogen (secondary N) is 1. The fourth-order valence-electron chi connectivity index (χ4n) is 2.04. The fourth-order valence-corrected chi connectivity index (χ4v) is 2.04. The molecule has 0 aliphatic heterocycles. The van der Waals surface area contributed by atoms with Crippen molar-refractivity contribution in [1.29, 1.82) is 0 Å². The van der Waals surface area contributed by atoms with Crippen LogP contribution in [0.3, 0.4) is 0 Å². The molecule has 2 N–H and O–H groups in total. The molecule has 0 aliphatic carbocycles. The number of rotatable bonds is 4. The lowest BCUT2D eigenvalue weighted by Crippen LogP contribution is -2.20. The average Bonchev–Trinajstić information content (AvgIpc) is 2.41. The number of hydrogen-bond acceptors (Lipinski definition) is 3. The Labute approximate surface area is 124 Å². The third-order valence-corrected chi connectivity index (χ3v) is 3.12. The lowest BCUT2D eigenvalue weighted by Gasteiger charge is -2.11. The molecule has 0 fully saturated rings. The van der Waals surface area contributed by atoms with E-state index in [9.17, 15) is 9.90 Å². The molecule has 0 bridgehead atoms. The molecule has 4 nitrogen and oxygen atoms in total. The van der Waals surface area contributed by atoms with Crippen LogP contribution in [0.25, 0.3) is 0 Å². The number of hydrogen-bond donors (Lipinski definition) is 2. The van der Waals surface area contributed by atoms with Crippen molar-refractivity contribution in [3.63, 3.8) is 0 Å². The Morgan fingerprint density at radius 3 is 2.43 bits per heavy atom. The molecule has 1 amide bonds. The van der Waals surface area contributed by atoms with E-state index in [1.54, 1.807) is 12.1 Å². The Morgan fingerprint density at radius 1 is 1.10 bits per heavy atom. The van der Waals surface area contributed by atoms with Crippen LogP contribution in [-0.4, -0.2) is 17.6 Å². The summed E-state index contributed by atoms with van der Waals surface area (Å²) in [5.74, 6) is 0.424. The number of carbonyl (C=O) groups is 1. The van der Waals surface area contributed by atoms with Crippen LogP contribution >= 0.6 is 0 Å². The summed E-state index contributed by atoms with van der Waals surface area (Å²) in [6.07, 6.45) is 0. The largest absolute Gasteiger partial charge is 0.506 e. The molecule has 0 saturated carbocycles. The summed E-state index contributed by atoms with van der Waals surface area (Å²) in [6.45, 7) is 5.71. The minimum atomic E-state index is -0.311. The lowest BCUT2D eigenvalue weighted by atomic mass is 10.1. The highest BCUT2D eigenvalue weighted by Gasteiger charge is 2.08. The number of aromatic hydroxyl groups is 1. The minimum absolute atomic E-state index is 0.0508. The zero-order chi connectivity index (χ0) is 15.4. The molecular formula is C17H19NO3. The minimum Gasteiger partial charge on any atom is -0.506 e. The van der Waals surface area contributed by atoms with Gasteiger partial charge in [0, 0.05) is 0 Å². The van der Waals surface area contributed by atoms with E-state index in [1.165, 1.54) is 0 Å². The van der Waals surface area contributed by atoms with Crippen LogP contribution in [-0.2, 0) is 4.79 Å². The summed E-state index contributed by atoms with van der Waals surface area (Å²) in [5, 5.41) is 12.4. The molecular weight excluding hydrogens is 266 g/mol. The number of aryl methyl sites for hydroxylation is 3. The van der Waals surface area contributed by atoms with E-state index in [-0.39, 0.29) is 18.3 Å². The molecule has 0 aliphatic rings. The topological polar surface area (TPSA) is 58.6 Å². The second-order valence-corrected chi connectivity index (χ2v) is 5.13. The highest BCUT2D eigenvalue weighted by molar-refractivity contribution is 5.93. The molecule has 2 rings (SSSR count). The molecule has 0 aromatic heterocycles. The monoisotopic (exact) mass is 285 g/mol. The van der Waals surface area contributed by atoms with E-state index in [2.05, 4.69) is 5.32 Å². The van der Waals surface area contributed by atoms with Crippen LogP contribution in [0.5, 0.6) is 11.5 Å². The van der Waals surface area contributed by atoms with E-state index in [4.69, 9.17) is 4.74 Å². The van der Waals surface area contributed by atoms with Gasteiger partial charge in [0.25, 0.3) is 5.91 Å². The van der Waals surface area contributed by atoms with Crippen LogP contribution in [0, 0.1) is 20.8 Å². The molecule has 4 heteroatoms. The maximum atomic E-state index is 11.9. The Balaban J connectivity index is 1.96. The molecule has 0 heterocycles. The van der Waals surface area contributed by atoms with E-state index >= 15 is 0 Å². The van der Waals surface area contributed by atoms with Crippen LogP contribution in [0.15, 0.2) is 36.4 Å². The standard InChI is InChI=1S/C17H19NO3/c1-11-5-7-16(13(3)8-11)21-10-17(20)18-14-6-4-12(2)9-15(14)19/h4-9,19H,10H2,1-3H3,(H,18,20). The predicted molar refractivity (Wildman–Crippen MR) is 82.9 cm³/mol. The highest BCUT2D eigenvalue weighted by atomic mass is 16.5. The van der Waals surface area contributed by atoms with Crippen molar-refractivity contribution in [1.82, 2.24) is 0 Å². The zero-order valence-electron chi connectivity index (χ0n) is 12.4. The van der Waals surface area contributed by atoms with Gasteiger partial charge < -0.3 is 15.2 Å². The number of benzene rings is 2. The van der Waals surface area contributed by atoms with Gasteiger partial charge >= 0.3 is 0 Å². The van der Waals surface area contributed by atoms with Crippen LogP contribution < -0.4 is 10.1 Å². The van der Waals surface area contributed by atoms with Crippen molar-refractivity contribution >= 4 is 11.6 Å². The third kappa shape index (κ3) is 3.99. The van der Waals surface area contributed by atoms with Crippen molar-refractivity contribution < 1.29 is 14.6 Å². The molecule has 0 atom stereocenters. The van der Waals surface area contributed by atoms with Crippen LogP contribution in [0.1, 0.15) is 16.7 Å². The molecule has 0 spiro atoms. The van der Waals surface area contributed by atoms with Crippen LogP contribution in [0.4, 0.5) is 5.69 Å². The Kier molecular flexibility index (Phi) is 4.48. The van der Waals surface area contributed by atoms with Crippen molar-refractivity contribution in [2.45, 2.75) is 20.8 Å². The smallest absolute Gasteiger partial charge is 0.262 e. The quantitative estimate of drug-likeness (QED) is 0.847. The first kappa shape index (κ1) is 14.9. The fraction of sp³-hybridized carbons (Fsp3) is 0.235. The molecule has 21 heavy (non-hydrogen) atoms. The predicted octanol–water partition coefficient (Wildman–Crippen LogP) is 3.33. The number of carbonyl (C=O) groups excluding carboxylic acids is 1. The van der Waals surface area contributed by atoms with Crippen molar-refractivity contribution in [2.24, 2.45) is 0 Å². The van der Waals surface area contributed by atoms with E-state index in [0.29, 0.717) is 11.4 Å². The van der Waals surface area contributed by atoms with Crippen molar-refractivity contribution in [3.05, 3.63) is 53.1 Å². The average molecular weight is 285 g/mol. The summed E-state index contributed by atoms with van der Waals surface area (Å²) < 4.78 is 5.50. The van der Waals surface area contributed by atoms with Gasteiger partial charge in [0.05, 0.1) is 5.69 Å². The molecule has 0 saturated heterocycles. The number of phenols is 1. The van der Waals surface area contributed by atoms with Gasteiger partial charge in [0.2, 0.25) is 0 Å². The van der Waals surface area contributed by atoms with Crippen LogP contribution in [0.2, 0.25) is 0 Å². The summed E-state index contributed by atoms with van der Waals surface area (Å²) in [4.78, 5) is 11.9. The maximum Gasteiger partial charge on any atom is 0.262 e. The molecule has 2 aromatic carbocycles. The molecule has 110 valence electrons. The van der Waals surface area contributed by atoms with Crippen molar-refractivity contribution in [2.75, 3.05) is 11.9 Å². The third-order valence-electron chi connectivity index (χ3n) is 3.12. The summed E-state index contributed by atoms with van der Waals surface area (Å²) in [7, 11) is 0. The molecule has 0 unspecified atom stereocenters. The van der Waals surface area contributed by atoms with E-state index in [0.717, 1.165) is 16.7 Å². The lowest BCUT2D eigenvalue weighted by molar-refractivity contribution is -0.118. The number of amides is 1. The zero-order valence-corrected chi connectivity index (χ0v) is 12.4. The van der Waals surface area contributed by atoms with Gasteiger partial charge in [-0.15, -0.1) is 0 Å². The molecule has 2 aromatic rings. The Hall–Kier alpha value is -2.49. The highest BCUT2D eigenvalue weighted by Crippen LogP contribution is 2.24. The van der Waals surface area contributed by atoms with Gasteiger partial charge in [-0.2, -0.15) is 0 Å². The summed E-state index contributed by atoms with van der Waals surface area (Å²) in [6, 6.07) is 10.9. The van der Waals surface area contributed by atoms with E-state index < -0.39 is 0 Å². The first-order chi connectivity index (χ1) is 9.95. The Morgan fingerprint density at radius 2 is 1.76 bits per heavy atom. The number of phenolic OH excluding ortho intramolecular Hbond substituents is 1. The van der Waals surface area contributed by atoms with Gasteiger partial charge in [-0.1, -0.05) is 23.8 Å². The second kappa shape index (κ2) is 6.31. The summed E-state index contributed by atoms with van der Waals surface area (Å²) in [5.41, 5.74) is 3.45. The second-order valence-electron chi connectivity index (χ2n) is 5.13. The normalized spacial score (nSPS) is 10.2. The number of anilines is 1. The van der Waals surface area contributed by atoms with Gasteiger partial charge in [-0.25, -0.2) is 0 Å². The van der Waals surface area contributed by atoms with E-state index in [1.807, 2.05) is 45.0 Å². The first-order valence-corrected chi connectivity index (χ1v) is 6.75. The first-order valence-electron chi connectivity index (χ1n) is 6.75.